The molecule has 2 aromatic carbocycles. The third-order valence-electron chi connectivity index (χ3n) is 14.3. The van der Waals surface area contributed by atoms with Crippen LogP contribution in [-0.2, 0) is 4.74 Å². The number of ether oxygens (including phenoxy) is 2. The fraction of sp³-hybridized carbons (Fsp3) is 0.535. The summed E-state index contributed by atoms with van der Waals surface area (Å²) >= 11 is 1.54. The van der Waals surface area contributed by atoms with Gasteiger partial charge >= 0.3 is 6.09 Å². The normalized spacial score (nSPS) is 36.3. The Labute approximate surface area is 305 Å². The van der Waals surface area contributed by atoms with Gasteiger partial charge in [0.25, 0.3) is 0 Å². The van der Waals surface area contributed by atoms with E-state index < -0.39 is 28.6 Å². The number of carbonyl (C=O) groups is 2. The predicted octanol–water partition coefficient (Wildman–Crippen LogP) is 8.52. The molecule has 9 rings (SSSR count). The molecule has 3 saturated carbocycles. The molecule has 2 N–H and O–H groups in total. The van der Waals surface area contributed by atoms with Gasteiger partial charge in [0.2, 0.25) is 0 Å². The van der Waals surface area contributed by atoms with E-state index in [1.165, 1.54) is 0 Å². The Bertz CT molecular complexity index is 1930. The SMILES string of the molecule is COCCCN(CC1(O)CCC2C34C=CC5(C=C3C(=O)c3ccc(C)s3)CC(O)CCC5(C)C4CCC21C)C(=O)Oc1ccc2ccccc2c1. The Morgan fingerprint density at radius 3 is 2.45 bits per heavy atom. The number of hydrogen-bond acceptors (Lipinski definition) is 7. The minimum Gasteiger partial charge on any atom is -0.410 e. The van der Waals surface area contributed by atoms with Gasteiger partial charge in [0.05, 0.1) is 23.1 Å². The summed E-state index contributed by atoms with van der Waals surface area (Å²) in [6, 6.07) is 17.6. The van der Waals surface area contributed by atoms with Crippen LogP contribution in [0, 0.1) is 40.4 Å². The van der Waals surface area contributed by atoms with Gasteiger partial charge in [0.1, 0.15) is 5.75 Å². The summed E-state index contributed by atoms with van der Waals surface area (Å²) in [6.45, 7) is 7.67. The second kappa shape index (κ2) is 12.4. The monoisotopic (exact) mass is 709 g/mol. The lowest BCUT2D eigenvalue weighted by atomic mass is 9.32. The number of allylic oxidation sites excluding steroid dienone is 4. The molecule has 8 atom stereocenters. The van der Waals surface area contributed by atoms with Gasteiger partial charge in [0, 0.05) is 47.0 Å². The minimum absolute atomic E-state index is 0.000525. The highest BCUT2D eigenvalue weighted by molar-refractivity contribution is 7.14. The number of aliphatic hydroxyl groups is 2. The van der Waals surface area contributed by atoms with Gasteiger partial charge < -0.3 is 24.6 Å². The molecule has 6 aliphatic rings. The molecule has 1 amide bonds. The Balaban J connectivity index is 1.15. The van der Waals surface area contributed by atoms with Crippen molar-refractivity contribution < 1.29 is 29.3 Å². The first kappa shape index (κ1) is 34.8. The fourth-order valence-corrected chi connectivity index (χ4v) is 12.5. The molecule has 270 valence electrons. The number of Topliss-reactive ketones (excluding diaryl/α,β-unsaturated/α-hetero) is 1. The fourth-order valence-electron chi connectivity index (χ4n) is 11.6. The van der Waals surface area contributed by atoms with E-state index in [1.807, 2.05) is 61.5 Å². The third kappa shape index (κ3) is 5.14. The smallest absolute Gasteiger partial charge is 0.410 e. The Kier molecular flexibility index (Phi) is 8.45. The number of aryl methyl sites for hydroxylation is 1. The lowest BCUT2D eigenvalue weighted by molar-refractivity contribution is -0.175. The highest BCUT2D eigenvalue weighted by Crippen LogP contribution is 2.78. The minimum atomic E-state index is -1.19. The first-order valence-electron chi connectivity index (χ1n) is 18.8. The van der Waals surface area contributed by atoms with Crippen molar-refractivity contribution in [2.24, 2.45) is 33.5 Å². The molecule has 3 fully saturated rings. The standard InChI is InChI=1S/C43H51NO6S/c1-28-10-13-34(51-28)37(46)33-26-41-20-21-43(33)35(39(41,2)17-14-31(45)25-41)15-18-40(3)36(43)16-19-42(40,48)27-44(22-7-23-49-4)38(47)50-32-12-11-29-8-5-6-9-30(29)24-32/h5-6,8-13,20-21,24,26,31,35-36,45,48H,7,14-19,22-23,25,27H2,1-4H3. The number of benzene rings is 2. The Morgan fingerprint density at radius 1 is 0.941 bits per heavy atom. The molecule has 1 heterocycles. The largest absolute Gasteiger partial charge is 0.415 e. The van der Waals surface area contributed by atoms with Crippen molar-refractivity contribution in [1.29, 1.82) is 0 Å². The maximum Gasteiger partial charge on any atom is 0.415 e. The van der Waals surface area contributed by atoms with E-state index in [9.17, 15) is 19.8 Å². The maximum atomic E-state index is 14.7. The summed E-state index contributed by atoms with van der Waals surface area (Å²) in [5.41, 5.74) is -1.92. The van der Waals surface area contributed by atoms with Crippen molar-refractivity contribution >= 4 is 34.0 Å². The van der Waals surface area contributed by atoms with Gasteiger partial charge in [-0.25, -0.2) is 4.79 Å². The molecule has 6 aliphatic carbocycles. The highest BCUT2D eigenvalue weighted by atomic mass is 32.1. The lowest BCUT2D eigenvalue weighted by Crippen LogP contribution is -2.67. The van der Waals surface area contributed by atoms with E-state index in [1.54, 1.807) is 23.3 Å². The number of hydrogen-bond donors (Lipinski definition) is 2. The molecule has 0 saturated heterocycles. The number of amides is 1. The average molecular weight is 710 g/mol. The van der Waals surface area contributed by atoms with Gasteiger partial charge in [0.15, 0.2) is 5.78 Å². The van der Waals surface area contributed by atoms with E-state index >= 15 is 0 Å². The number of thiophene rings is 1. The van der Waals surface area contributed by atoms with Gasteiger partial charge in [-0.2, -0.15) is 0 Å². The molecule has 2 bridgehead atoms. The zero-order valence-electron chi connectivity index (χ0n) is 30.3. The van der Waals surface area contributed by atoms with Gasteiger partial charge in [-0.3, -0.25) is 4.79 Å². The van der Waals surface area contributed by atoms with Crippen LogP contribution in [0.25, 0.3) is 10.8 Å². The summed E-state index contributed by atoms with van der Waals surface area (Å²) in [4.78, 5) is 32.3. The molecule has 0 radical (unpaired) electrons. The van der Waals surface area contributed by atoms with Crippen LogP contribution < -0.4 is 4.74 Å². The maximum absolute atomic E-state index is 14.7. The molecule has 1 aromatic heterocycles. The highest BCUT2D eigenvalue weighted by Gasteiger charge is 2.74. The number of aliphatic hydroxyl groups excluding tert-OH is 1. The topological polar surface area (TPSA) is 96.3 Å². The summed E-state index contributed by atoms with van der Waals surface area (Å²) < 4.78 is 11.4. The van der Waals surface area contributed by atoms with E-state index in [4.69, 9.17) is 9.47 Å². The van der Waals surface area contributed by atoms with Crippen LogP contribution in [-0.4, -0.2) is 65.5 Å². The van der Waals surface area contributed by atoms with Crippen LogP contribution >= 0.6 is 11.3 Å². The number of carbonyl (C=O) groups excluding carboxylic acids is 2. The van der Waals surface area contributed by atoms with Crippen LogP contribution in [0.15, 0.2) is 78.4 Å². The molecule has 2 spiro atoms. The summed E-state index contributed by atoms with van der Waals surface area (Å²) in [7, 11) is 1.65. The number of methoxy groups -OCH3 is 1. The molecule has 7 nitrogen and oxygen atoms in total. The zero-order valence-corrected chi connectivity index (χ0v) is 31.1. The summed E-state index contributed by atoms with van der Waals surface area (Å²) in [5, 5.41) is 26.0. The van der Waals surface area contributed by atoms with Crippen molar-refractivity contribution in [3.05, 3.63) is 88.2 Å². The van der Waals surface area contributed by atoms with Crippen LogP contribution in [0.1, 0.15) is 79.8 Å². The quantitative estimate of drug-likeness (QED) is 0.131. The summed E-state index contributed by atoms with van der Waals surface area (Å²) in [5.74, 6) is 0.770. The van der Waals surface area contributed by atoms with Crippen LogP contribution in [0.2, 0.25) is 0 Å². The number of ketones is 1. The first-order chi connectivity index (χ1) is 24.4. The molecular formula is C43H51NO6S. The molecule has 8 heteroatoms. The zero-order chi connectivity index (χ0) is 35.8. The van der Waals surface area contributed by atoms with E-state index in [2.05, 4.69) is 32.1 Å². The first-order valence-corrected chi connectivity index (χ1v) is 19.6. The molecule has 0 aliphatic heterocycles. The number of rotatable bonds is 9. The van der Waals surface area contributed by atoms with E-state index in [0.29, 0.717) is 38.2 Å². The van der Waals surface area contributed by atoms with Crippen molar-refractivity contribution in [2.75, 3.05) is 26.8 Å². The molecule has 51 heavy (non-hydrogen) atoms. The van der Waals surface area contributed by atoms with E-state index in [-0.39, 0.29) is 35.0 Å². The van der Waals surface area contributed by atoms with E-state index in [0.717, 1.165) is 58.2 Å². The van der Waals surface area contributed by atoms with Crippen molar-refractivity contribution in [3.63, 3.8) is 0 Å². The molecule has 8 unspecified atom stereocenters. The molecular weight excluding hydrogens is 659 g/mol. The van der Waals surface area contributed by atoms with Crippen molar-refractivity contribution in [1.82, 2.24) is 4.90 Å². The van der Waals surface area contributed by atoms with Crippen molar-refractivity contribution in [3.8, 4) is 5.75 Å². The predicted molar refractivity (Wildman–Crippen MR) is 200 cm³/mol. The Hall–Kier alpha value is -3.30. The van der Waals surface area contributed by atoms with Gasteiger partial charge in [-0.15, -0.1) is 11.3 Å². The second-order valence-electron chi connectivity index (χ2n) is 16.7. The second-order valence-corrected chi connectivity index (χ2v) is 18.0. The summed E-state index contributed by atoms with van der Waals surface area (Å²) in [6.07, 6.45) is 11.9. The van der Waals surface area contributed by atoms with Crippen LogP contribution in [0.4, 0.5) is 4.79 Å². The Morgan fingerprint density at radius 2 is 1.69 bits per heavy atom. The van der Waals surface area contributed by atoms with Crippen LogP contribution in [0.3, 0.4) is 0 Å². The third-order valence-corrected chi connectivity index (χ3v) is 15.3. The van der Waals surface area contributed by atoms with Gasteiger partial charge in [-0.1, -0.05) is 62.4 Å². The average Bonchev–Trinajstić information content (AvgIpc) is 3.67. The lowest BCUT2D eigenvalue weighted by Gasteiger charge is -2.71. The number of nitrogens with zero attached hydrogens (tertiary/aromatic N) is 1. The van der Waals surface area contributed by atoms with Gasteiger partial charge in [-0.05, 0) is 111 Å². The van der Waals surface area contributed by atoms with Crippen LogP contribution in [0.5, 0.6) is 5.75 Å². The van der Waals surface area contributed by atoms with Crippen molar-refractivity contribution in [2.45, 2.75) is 83.8 Å². The molecule has 3 aromatic rings. The number of fused-ring (bicyclic) bond motifs is 2.